The van der Waals surface area contributed by atoms with E-state index in [-0.39, 0.29) is 5.56 Å². The molecular weight excluding hydrogens is 268 g/mol. The Bertz CT molecular complexity index is 629. The fourth-order valence-electron chi connectivity index (χ4n) is 2.21. The number of aromatic nitrogens is 3. The van der Waals surface area contributed by atoms with Crippen LogP contribution in [-0.4, -0.2) is 26.3 Å². The van der Waals surface area contributed by atoms with E-state index >= 15 is 0 Å². The minimum absolute atomic E-state index is 0.221. The van der Waals surface area contributed by atoms with Crippen LogP contribution in [0.2, 0.25) is 0 Å². The molecule has 0 fully saturated rings. The first kappa shape index (κ1) is 14.9. The number of nitrogens with one attached hydrogen (secondary N) is 1. The summed E-state index contributed by atoms with van der Waals surface area (Å²) in [4.78, 5) is 15.5. The van der Waals surface area contributed by atoms with Gasteiger partial charge in [0.05, 0.1) is 5.69 Å². The van der Waals surface area contributed by atoms with Crippen LogP contribution in [0.15, 0.2) is 24.5 Å². The number of rotatable bonds is 6. The Hall–Kier alpha value is -2.50. The Kier molecular flexibility index (Phi) is 4.81. The maximum atomic E-state index is 11.6. The monoisotopic (exact) mass is 286 g/mol. The van der Waals surface area contributed by atoms with Crippen molar-refractivity contribution in [1.82, 2.24) is 15.2 Å². The van der Waals surface area contributed by atoms with E-state index in [1.54, 1.807) is 12.4 Å². The molecule has 0 saturated carbocycles. The standard InChI is InChI=1S/C15H18N4O2/c1-3-11-12(4-2)18-19-14(13(11)15(20)21)17-9-10-5-7-16-8-6-10/h5-8H,3-4,9H2,1-2H3,(H,17,19)(H,20,21). The summed E-state index contributed by atoms with van der Waals surface area (Å²) in [5.41, 5.74) is 2.71. The van der Waals surface area contributed by atoms with Gasteiger partial charge in [-0.05, 0) is 36.1 Å². The summed E-state index contributed by atoms with van der Waals surface area (Å²) in [5.74, 6) is -0.665. The zero-order valence-electron chi connectivity index (χ0n) is 12.1. The van der Waals surface area contributed by atoms with Gasteiger partial charge in [-0.2, -0.15) is 5.10 Å². The average Bonchev–Trinajstić information content (AvgIpc) is 2.52. The van der Waals surface area contributed by atoms with Crippen molar-refractivity contribution in [2.45, 2.75) is 33.2 Å². The summed E-state index contributed by atoms with van der Waals surface area (Å²) >= 11 is 0. The lowest BCUT2D eigenvalue weighted by molar-refractivity contribution is 0.0696. The molecule has 0 aliphatic rings. The Balaban J connectivity index is 2.32. The lowest BCUT2D eigenvalue weighted by Gasteiger charge is -2.13. The SMILES string of the molecule is CCc1nnc(NCc2ccncc2)c(C(=O)O)c1CC. The normalized spacial score (nSPS) is 10.4. The molecule has 2 heterocycles. The van der Waals surface area contributed by atoms with Gasteiger partial charge in [0.15, 0.2) is 5.82 Å². The maximum Gasteiger partial charge on any atom is 0.339 e. The van der Waals surface area contributed by atoms with Crippen LogP contribution in [-0.2, 0) is 19.4 Å². The summed E-state index contributed by atoms with van der Waals surface area (Å²) in [5, 5.41) is 20.7. The molecule has 0 unspecified atom stereocenters. The van der Waals surface area contributed by atoms with Gasteiger partial charge in [-0.25, -0.2) is 4.79 Å². The third-order valence-electron chi connectivity index (χ3n) is 3.27. The van der Waals surface area contributed by atoms with Gasteiger partial charge in [-0.3, -0.25) is 4.98 Å². The fraction of sp³-hybridized carbons (Fsp3) is 0.333. The van der Waals surface area contributed by atoms with Gasteiger partial charge < -0.3 is 10.4 Å². The van der Waals surface area contributed by atoms with Crippen molar-refractivity contribution in [3.63, 3.8) is 0 Å². The molecule has 0 aliphatic heterocycles. The molecule has 2 aromatic rings. The van der Waals surface area contributed by atoms with E-state index in [0.29, 0.717) is 25.2 Å². The second kappa shape index (κ2) is 6.78. The molecule has 6 heteroatoms. The highest BCUT2D eigenvalue weighted by Gasteiger charge is 2.20. The van der Waals surface area contributed by atoms with E-state index in [1.807, 2.05) is 26.0 Å². The second-order valence-corrected chi connectivity index (χ2v) is 4.57. The van der Waals surface area contributed by atoms with Crippen LogP contribution in [0, 0.1) is 0 Å². The van der Waals surface area contributed by atoms with Crippen LogP contribution >= 0.6 is 0 Å². The van der Waals surface area contributed by atoms with Gasteiger partial charge in [-0.15, -0.1) is 5.10 Å². The quantitative estimate of drug-likeness (QED) is 0.847. The van der Waals surface area contributed by atoms with Gasteiger partial charge in [0, 0.05) is 18.9 Å². The van der Waals surface area contributed by atoms with Crippen LogP contribution in [0.4, 0.5) is 5.82 Å². The molecule has 2 aromatic heterocycles. The molecule has 2 N–H and O–H groups in total. The highest BCUT2D eigenvalue weighted by molar-refractivity contribution is 5.95. The van der Waals surface area contributed by atoms with Crippen LogP contribution in [0.5, 0.6) is 0 Å². The first-order valence-electron chi connectivity index (χ1n) is 6.91. The maximum absolute atomic E-state index is 11.6. The number of nitrogens with zero attached hydrogens (tertiary/aromatic N) is 3. The van der Waals surface area contributed by atoms with Crippen molar-refractivity contribution < 1.29 is 9.90 Å². The number of carbonyl (C=O) groups is 1. The lowest BCUT2D eigenvalue weighted by atomic mass is 10.0. The van der Waals surface area contributed by atoms with Crippen molar-refractivity contribution in [3.05, 3.63) is 46.9 Å². The van der Waals surface area contributed by atoms with Gasteiger partial charge >= 0.3 is 5.97 Å². The number of aryl methyl sites for hydroxylation is 1. The van der Waals surface area contributed by atoms with E-state index in [9.17, 15) is 9.90 Å². The van der Waals surface area contributed by atoms with Crippen LogP contribution < -0.4 is 5.32 Å². The number of hydrogen-bond donors (Lipinski definition) is 2. The zero-order valence-corrected chi connectivity index (χ0v) is 12.1. The number of hydrogen-bond acceptors (Lipinski definition) is 5. The second-order valence-electron chi connectivity index (χ2n) is 4.57. The highest BCUT2D eigenvalue weighted by atomic mass is 16.4. The Morgan fingerprint density at radius 2 is 1.90 bits per heavy atom. The van der Waals surface area contributed by atoms with E-state index < -0.39 is 5.97 Å². The molecule has 0 radical (unpaired) electrons. The molecule has 0 atom stereocenters. The molecule has 0 aromatic carbocycles. The molecule has 2 rings (SSSR count). The summed E-state index contributed by atoms with van der Waals surface area (Å²) < 4.78 is 0. The fourth-order valence-corrected chi connectivity index (χ4v) is 2.21. The molecule has 0 bridgehead atoms. The zero-order chi connectivity index (χ0) is 15.2. The van der Waals surface area contributed by atoms with E-state index in [4.69, 9.17) is 0 Å². The summed E-state index contributed by atoms with van der Waals surface area (Å²) in [6, 6.07) is 3.73. The molecular formula is C15H18N4O2. The van der Waals surface area contributed by atoms with Crippen molar-refractivity contribution >= 4 is 11.8 Å². The third-order valence-corrected chi connectivity index (χ3v) is 3.27. The number of pyridine rings is 1. The number of aromatic carboxylic acids is 1. The first-order valence-corrected chi connectivity index (χ1v) is 6.91. The smallest absolute Gasteiger partial charge is 0.339 e. The lowest BCUT2D eigenvalue weighted by Crippen LogP contribution is -2.15. The third kappa shape index (κ3) is 3.34. The van der Waals surface area contributed by atoms with Crippen LogP contribution in [0.25, 0.3) is 0 Å². The van der Waals surface area contributed by atoms with E-state index in [0.717, 1.165) is 16.8 Å². The summed E-state index contributed by atoms with van der Waals surface area (Å²) in [6.07, 6.45) is 4.67. The number of carboxylic acids is 1. The van der Waals surface area contributed by atoms with Gasteiger partial charge in [0.1, 0.15) is 5.56 Å². The molecule has 0 amide bonds. The predicted molar refractivity (Wildman–Crippen MR) is 79.3 cm³/mol. The molecule has 0 aliphatic carbocycles. The van der Waals surface area contributed by atoms with E-state index in [2.05, 4.69) is 20.5 Å². The van der Waals surface area contributed by atoms with Crippen molar-refractivity contribution in [3.8, 4) is 0 Å². The Labute approximate surface area is 123 Å². The van der Waals surface area contributed by atoms with Crippen LogP contribution in [0.1, 0.15) is 41.0 Å². The largest absolute Gasteiger partial charge is 0.478 e. The van der Waals surface area contributed by atoms with Crippen molar-refractivity contribution in [1.29, 1.82) is 0 Å². The Morgan fingerprint density at radius 1 is 1.19 bits per heavy atom. The summed E-state index contributed by atoms with van der Waals surface area (Å²) in [7, 11) is 0. The topological polar surface area (TPSA) is 88.0 Å². The van der Waals surface area contributed by atoms with Crippen LogP contribution in [0.3, 0.4) is 0 Å². The minimum Gasteiger partial charge on any atom is -0.478 e. The molecule has 110 valence electrons. The van der Waals surface area contributed by atoms with E-state index in [1.165, 1.54) is 0 Å². The van der Waals surface area contributed by atoms with Crippen molar-refractivity contribution in [2.24, 2.45) is 0 Å². The van der Waals surface area contributed by atoms with Gasteiger partial charge in [-0.1, -0.05) is 13.8 Å². The van der Waals surface area contributed by atoms with Crippen molar-refractivity contribution in [2.75, 3.05) is 5.32 Å². The molecule has 6 nitrogen and oxygen atoms in total. The molecule has 0 spiro atoms. The number of carboxylic acid groups (broad SMARTS) is 1. The number of anilines is 1. The summed E-state index contributed by atoms with van der Waals surface area (Å²) in [6.45, 7) is 4.35. The highest BCUT2D eigenvalue weighted by Crippen LogP contribution is 2.21. The Morgan fingerprint density at radius 3 is 2.48 bits per heavy atom. The van der Waals surface area contributed by atoms with Gasteiger partial charge in [0.25, 0.3) is 0 Å². The average molecular weight is 286 g/mol. The van der Waals surface area contributed by atoms with Gasteiger partial charge in [0.2, 0.25) is 0 Å². The molecule has 0 saturated heterocycles. The molecule has 21 heavy (non-hydrogen) atoms. The predicted octanol–water partition coefficient (Wildman–Crippen LogP) is 2.31. The first-order chi connectivity index (χ1) is 10.2. The minimum atomic E-state index is -0.978.